The molecule has 1 aromatic carbocycles. The zero-order valence-electron chi connectivity index (χ0n) is 8.54. The third-order valence-electron chi connectivity index (χ3n) is 2.26. The van der Waals surface area contributed by atoms with Crippen LogP contribution < -0.4 is 0 Å². The molecule has 0 N–H and O–H groups in total. The molecule has 0 aliphatic heterocycles. The molecule has 1 heterocycles. The first-order valence-corrected chi connectivity index (χ1v) is 6.46. The van der Waals surface area contributed by atoms with Crippen molar-refractivity contribution in [3.05, 3.63) is 56.2 Å². The average Bonchev–Trinajstić information content (AvgIpc) is 2.68. The van der Waals surface area contributed by atoms with Crippen molar-refractivity contribution in [1.29, 1.82) is 0 Å². The SMILES string of the molecule is O=C(Cc1sccc1Br)c1cccc(F)c1F. The molecule has 0 aliphatic carbocycles. The first kappa shape index (κ1) is 12.4. The van der Waals surface area contributed by atoms with Crippen molar-refractivity contribution in [2.24, 2.45) is 0 Å². The molecule has 0 fully saturated rings. The van der Waals surface area contributed by atoms with Crippen molar-refractivity contribution in [3.63, 3.8) is 0 Å². The summed E-state index contributed by atoms with van der Waals surface area (Å²) in [5.74, 6) is -2.50. The monoisotopic (exact) mass is 316 g/mol. The minimum atomic E-state index is -1.08. The number of rotatable bonds is 3. The maximum Gasteiger partial charge on any atom is 0.171 e. The van der Waals surface area contributed by atoms with Crippen LogP contribution in [0.25, 0.3) is 0 Å². The Morgan fingerprint density at radius 2 is 2.06 bits per heavy atom. The van der Waals surface area contributed by atoms with Crippen molar-refractivity contribution in [1.82, 2.24) is 0 Å². The van der Waals surface area contributed by atoms with Gasteiger partial charge in [-0.1, -0.05) is 6.07 Å². The minimum Gasteiger partial charge on any atom is -0.294 e. The van der Waals surface area contributed by atoms with Crippen molar-refractivity contribution in [2.75, 3.05) is 0 Å². The van der Waals surface area contributed by atoms with Crippen LogP contribution in [0.4, 0.5) is 8.78 Å². The Balaban J connectivity index is 2.27. The lowest BCUT2D eigenvalue weighted by Gasteiger charge is -2.02. The molecule has 2 rings (SSSR count). The molecule has 0 spiro atoms. The predicted octanol–water partition coefficient (Wildman–Crippen LogP) is 4.21. The van der Waals surface area contributed by atoms with Gasteiger partial charge in [0.25, 0.3) is 0 Å². The third kappa shape index (κ3) is 2.61. The highest BCUT2D eigenvalue weighted by Gasteiger charge is 2.16. The van der Waals surface area contributed by atoms with Crippen LogP contribution in [0.1, 0.15) is 15.2 Å². The largest absolute Gasteiger partial charge is 0.294 e. The summed E-state index contributed by atoms with van der Waals surface area (Å²) in [6, 6.07) is 5.43. The van der Waals surface area contributed by atoms with Crippen LogP contribution in [0.15, 0.2) is 34.1 Å². The molecule has 0 radical (unpaired) electrons. The van der Waals surface area contributed by atoms with Gasteiger partial charge in [-0.3, -0.25) is 4.79 Å². The minimum absolute atomic E-state index is 0.0681. The lowest BCUT2D eigenvalue weighted by atomic mass is 10.1. The average molecular weight is 317 g/mol. The summed E-state index contributed by atoms with van der Waals surface area (Å²) in [4.78, 5) is 12.6. The fraction of sp³-hybridized carbons (Fsp3) is 0.0833. The topological polar surface area (TPSA) is 17.1 Å². The van der Waals surface area contributed by atoms with Gasteiger partial charge in [-0.05, 0) is 39.5 Å². The summed E-state index contributed by atoms with van der Waals surface area (Å²) in [5, 5.41) is 1.83. The van der Waals surface area contributed by atoms with Crippen molar-refractivity contribution in [2.45, 2.75) is 6.42 Å². The summed E-state index contributed by atoms with van der Waals surface area (Å²) in [7, 11) is 0. The molecule has 2 aromatic rings. The number of halogens is 3. The van der Waals surface area contributed by atoms with Gasteiger partial charge < -0.3 is 0 Å². The Labute approximate surface area is 109 Å². The standard InChI is InChI=1S/C12H7BrF2OS/c13-8-4-5-17-11(8)6-10(16)7-2-1-3-9(14)12(7)15/h1-5H,6H2. The van der Waals surface area contributed by atoms with Gasteiger partial charge in [0, 0.05) is 15.8 Å². The maximum atomic E-state index is 13.4. The summed E-state index contributed by atoms with van der Waals surface area (Å²) in [6.45, 7) is 0. The molecule has 17 heavy (non-hydrogen) atoms. The van der Waals surface area contributed by atoms with E-state index < -0.39 is 17.4 Å². The van der Waals surface area contributed by atoms with E-state index in [1.165, 1.54) is 23.5 Å². The third-order valence-corrected chi connectivity index (χ3v) is 4.19. The Kier molecular flexibility index (Phi) is 3.69. The summed E-state index contributed by atoms with van der Waals surface area (Å²) < 4.78 is 27.2. The number of hydrogen-bond acceptors (Lipinski definition) is 2. The lowest BCUT2D eigenvalue weighted by Crippen LogP contribution is -2.06. The van der Waals surface area contributed by atoms with Gasteiger partial charge in [0.15, 0.2) is 17.4 Å². The molecule has 0 unspecified atom stereocenters. The first-order chi connectivity index (χ1) is 8.09. The molecule has 88 valence electrons. The van der Waals surface area contributed by atoms with Crippen LogP contribution in [-0.4, -0.2) is 5.78 Å². The van der Waals surface area contributed by atoms with Gasteiger partial charge in [-0.15, -0.1) is 11.3 Å². The molecule has 1 nitrogen and oxygen atoms in total. The van der Waals surface area contributed by atoms with E-state index in [9.17, 15) is 13.6 Å². The van der Waals surface area contributed by atoms with E-state index in [1.54, 1.807) is 0 Å². The quantitative estimate of drug-likeness (QED) is 0.775. The van der Waals surface area contributed by atoms with E-state index in [2.05, 4.69) is 15.9 Å². The van der Waals surface area contributed by atoms with Crippen LogP contribution in [0, 0.1) is 11.6 Å². The fourth-order valence-corrected chi connectivity index (χ4v) is 2.90. The first-order valence-electron chi connectivity index (χ1n) is 4.78. The van der Waals surface area contributed by atoms with Gasteiger partial charge in [-0.25, -0.2) is 8.78 Å². The van der Waals surface area contributed by atoms with E-state index in [4.69, 9.17) is 0 Å². The van der Waals surface area contributed by atoms with Crippen LogP contribution in [0.5, 0.6) is 0 Å². The number of carbonyl (C=O) groups is 1. The van der Waals surface area contributed by atoms with Gasteiger partial charge in [0.1, 0.15) is 0 Å². The van der Waals surface area contributed by atoms with Crippen molar-refractivity contribution in [3.8, 4) is 0 Å². The highest BCUT2D eigenvalue weighted by Crippen LogP contribution is 2.24. The summed E-state index contributed by atoms with van der Waals surface area (Å²) in [6.07, 6.45) is 0.0681. The lowest BCUT2D eigenvalue weighted by molar-refractivity contribution is 0.0989. The number of Topliss-reactive ketones (excluding diaryl/α,β-unsaturated/α-hetero) is 1. The van der Waals surface area contributed by atoms with Gasteiger partial charge >= 0.3 is 0 Å². The van der Waals surface area contributed by atoms with Crippen LogP contribution in [-0.2, 0) is 6.42 Å². The number of benzene rings is 1. The predicted molar refractivity (Wildman–Crippen MR) is 66.4 cm³/mol. The highest BCUT2D eigenvalue weighted by molar-refractivity contribution is 9.10. The Morgan fingerprint density at radius 1 is 1.29 bits per heavy atom. The zero-order valence-corrected chi connectivity index (χ0v) is 10.9. The van der Waals surface area contributed by atoms with E-state index in [1.807, 2.05) is 11.4 Å². The van der Waals surface area contributed by atoms with Crippen LogP contribution in [0.3, 0.4) is 0 Å². The van der Waals surface area contributed by atoms with Crippen LogP contribution >= 0.6 is 27.3 Å². The Morgan fingerprint density at radius 3 is 2.71 bits per heavy atom. The second-order valence-electron chi connectivity index (χ2n) is 3.39. The number of ketones is 1. The van der Waals surface area contributed by atoms with Crippen LogP contribution in [0.2, 0.25) is 0 Å². The fourth-order valence-electron chi connectivity index (χ4n) is 1.41. The molecule has 1 aromatic heterocycles. The number of hydrogen-bond donors (Lipinski definition) is 0. The molecule has 0 aliphatic rings. The van der Waals surface area contributed by atoms with Crippen molar-refractivity contribution >= 4 is 33.0 Å². The smallest absolute Gasteiger partial charge is 0.171 e. The van der Waals surface area contributed by atoms with E-state index >= 15 is 0 Å². The molecule has 0 saturated heterocycles. The van der Waals surface area contributed by atoms with E-state index in [-0.39, 0.29) is 12.0 Å². The van der Waals surface area contributed by atoms with Crippen molar-refractivity contribution < 1.29 is 13.6 Å². The molecule has 0 amide bonds. The van der Waals surface area contributed by atoms with Gasteiger partial charge in [0.2, 0.25) is 0 Å². The molecule has 0 atom stereocenters. The van der Waals surface area contributed by atoms with Gasteiger partial charge in [0.05, 0.1) is 5.56 Å². The zero-order chi connectivity index (χ0) is 12.4. The maximum absolute atomic E-state index is 13.4. The Bertz CT molecular complexity index is 565. The second-order valence-corrected chi connectivity index (χ2v) is 5.25. The second kappa shape index (κ2) is 5.06. The highest BCUT2D eigenvalue weighted by atomic mass is 79.9. The van der Waals surface area contributed by atoms with E-state index in [0.717, 1.165) is 15.4 Å². The molecule has 0 bridgehead atoms. The normalized spacial score (nSPS) is 10.5. The molecular weight excluding hydrogens is 310 g/mol. The molecule has 5 heteroatoms. The number of thiophene rings is 1. The van der Waals surface area contributed by atoms with Gasteiger partial charge in [-0.2, -0.15) is 0 Å². The summed E-state index contributed by atoms with van der Waals surface area (Å²) in [5.41, 5.74) is -0.203. The molecule has 0 saturated carbocycles. The summed E-state index contributed by atoms with van der Waals surface area (Å²) >= 11 is 4.69. The van der Waals surface area contributed by atoms with E-state index in [0.29, 0.717) is 0 Å². The molecular formula is C12H7BrF2OS. The number of carbonyl (C=O) groups excluding carboxylic acids is 1. The Hall–Kier alpha value is -1.07.